The number of aromatic nitrogens is 2. The van der Waals surface area contributed by atoms with Gasteiger partial charge in [-0.05, 0) is 29.5 Å². The molecule has 2 nitrogen and oxygen atoms in total. The summed E-state index contributed by atoms with van der Waals surface area (Å²) in [5.41, 5.74) is 4.03. The van der Waals surface area contributed by atoms with Gasteiger partial charge < -0.3 is 4.57 Å². The third-order valence-electron chi connectivity index (χ3n) is 6.97. The van der Waals surface area contributed by atoms with Crippen LogP contribution in [0.1, 0.15) is 68.0 Å². The fraction of sp³-hybridized carbons (Fsp3) is 0.323. The third kappa shape index (κ3) is 5.63. The highest BCUT2D eigenvalue weighted by Gasteiger charge is 2.39. The van der Waals surface area contributed by atoms with Crippen molar-refractivity contribution in [3.63, 3.8) is 0 Å². The fourth-order valence-corrected chi connectivity index (χ4v) is 5.14. The van der Waals surface area contributed by atoms with E-state index in [2.05, 4.69) is 116 Å². The summed E-state index contributed by atoms with van der Waals surface area (Å²) >= 11 is 0. The van der Waals surface area contributed by atoms with Gasteiger partial charge in [0, 0.05) is 30.3 Å². The molecule has 0 aliphatic carbocycles. The average molecular weight is 437 g/mol. The van der Waals surface area contributed by atoms with Gasteiger partial charge in [0.25, 0.3) is 0 Å². The first-order chi connectivity index (χ1) is 16.2. The highest BCUT2D eigenvalue weighted by Crippen LogP contribution is 2.44. The van der Waals surface area contributed by atoms with Crippen LogP contribution in [0.2, 0.25) is 0 Å². The Balaban J connectivity index is 1.77. The molecule has 1 heterocycles. The highest BCUT2D eigenvalue weighted by atomic mass is 15.1. The molecule has 0 radical (unpaired) electrons. The Morgan fingerprint density at radius 2 is 1.39 bits per heavy atom. The average Bonchev–Trinajstić information content (AvgIpc) is 3.31. The molecule has 0 bridgehead atoms. The van der Waals surface area contributed by atoms with Crippen LogP contribution in [0.3, 0.4) is 0 Å². The van der Waals surface area contributed by atoms with Crippen LogP contribution >= 0.6 is 0 Å². The zero-order valence-electron chi connectivity index (χ0n) is 20.0. The molecule has 0 fully saturated rings. The van der Waals surface area contributed by atoms with Crippen molar-refractivity contribution in [2.24, 2.45) is 0 Å². The van der Waals surface area contributed by atoms with Crippen molar-refractivity contribution in [1.82, 2.24) is 9.55 Å². The lowest BCUT2D eigenvalue weighted by Gasteiger charge is -2.39. The summed E-state index contributed by atoms with van der Waals surface area (Å²) in [6.07, 6.45) is 9.97. The van der Waals surface area contributed by atoms with Gasteiger partial charge in [0.1, 0.15) is 5.82 Å². The number of hydrogen-bond acceptors (Lipinski definition) is 1. The van der Waals surface area contributed by atoms with Gasteiger partial charge >= 0.3 is 0 Å². The summed E-state index contributed by atoms with van der Waals surface area (Å²) in [5, 5.41) is 0. The van der Waals surface area contributed by atoms with Crippen molar-refractivity contribution < 1.29 is 0 Å². The molecule has 0 saturated heterocycles. The van der Waals surface area contributed by atoms with Gasteiger partial charge in [0.15, 0.2) is 0 Å². The molecule has 1 aromatic heterocycles. The largest absolute Gasteiger partial charge is 0.330 e. The third-order valence-corrected chi connectivity index (χ3v) is 6.97. The predicted octanol–water partition coefficient (Wildman–Crippen LogP) is 7.80. The van der Waals surface area contributed by atoms with E-state index in [1.165, 1.54) is 41.8 Å². The molecular weight excluding hydrogens is 400 g/mol. The SMILES string of the molecule is CCCCCC(c1nccn1Cc1ccccc1)C(C)(Cc1ccccc1)c1ccccc1. The molecule has 0 aliphatic rings. The molecule has 2 unspecified atom stereocenters. The molecule has 4 rings (SSSR count). The first-order valence-corrected chi connectivity index (χ1v) is 12.3. The summed E-state index contributed by atoms with van der Waals surface area (Å²) in [6, 6.07) is 32.8. The summed E-state index contributed by atoms with van der Waals surface area (Å²) in [5.74, 6) is 1.53. The van der Waals surface area contributed by atoms with E-state index >= 15 is 0 Å². The Morgan fingerprint density at radius 1 is 0.788 bits per heavy atom. The van der Waals surface area contributed by atoms with Crippen molar-refractivity contribution in [1.29, 1.82) is 0 Å². The van der Waals surface area contributed by atoms with Crippen molar-refractivity contribution >= 4 is 0 Å². The van der Waals surface area contributed by atoms with E-state index in [1.807, 2.05) is 6.20 Å². The van der Waals surface area contributed by atoms with Gasteiger partial charge in [-0.25, -0.2) is 4.98 Å². The molecule has 170 valence electrons. The molecule has 0 N–H and O–H groups in total. The maximum atomic E-state index is 4.99. The van der Waals surface area contributed by atoms with Crippen LogP contribution in [-0.2, 0) is 18.4 Å². The van der Waals surface area contributed by atoms with Gasteiger partial charge in [-0.3, -0.25) is 0 Å². The minimum Gasteiger partial charge on any atom is -0.330 e. The summed E-state index contributed by atoms with van der Waals surface area (Å²) in [4.78, 5) is 4.99. The van der Waals surface area contributed by atoms with Crippen molar-refractivity contribution in [3.05, 3.63) is 126 Å². The Hall–Kier alpha value is -3.13. The molecule has 0 aliphatic heterocycles. The zero-order chi connectivity index (χ0) is 22.9. The van der Waals surface area contributed by atoms with Crippen LogP contribution in [0.25, 0.3) is 0 Å². The van der Waals surface area contributed by atoms with Crippen LogP contribution in [-0.4, -0.2) is 9.55 Å². The first-order valence-electron chi connectivity index (χ1n) is 12.3. The van der Waals surface area contributed by atoms with Gasteiger partial charge in [-0.15, -0.1) is 0 Å². The minimum absolute atomic E-state index is 0.0594. The van der Waals surface area contributed by atoms with E-state index in [0.717, 1.165) is 19.4 Å². The van der Waals surface area contributed by atoms with Gasteiger partial charge in [-0.1, -0.05) is 124 Å². The molecule has 0 spiro atoms. The first kappa shape index (κ1) is 23.0. The Labute approximate surface area is 199 Å². The Morgan fingerprint density at radius 3 is 2.03 bits per heavy atom. The van der Waals surface area contributed by atoms with Gasteiger partial charge in [0.2, 0.25) is 0 Å². The number of rotatable bonds is 11. The second-order valence-corrected chi connectivity index (χ2v) is 9.39. The number of benzene rings is 3. The number of nitrogens with zero attached hydrogens (tertiary/aromatic N) is 2. The highest BCUT2D eigenvalue weighted by molar-refractivity contribution is 5.33. The van der Waals surface area contributed by atoms with E-state index in [1.54, 1.807) is 0 Å². The maximum Gasteiger partial charge on any atom is 0.112 e. The topological polar surface area (TPSA) is 17.8 Å². The second-order valence-electron chi connectivity index (χ2n) is 9.39. The van der Waals surface area contributed by atoms with Crippen LogP contribution in [0.4, 0.5) is 0 Å². The molecule has 33 heavy (non-hydrogen) atoms. The second kappa shape index (κ2) is 11.1. The van der Waals surface area contributed by atoms with Crippen LogP contribution in [0.5, 0.6) is 0 Å². The lowest BCUT2D eigenvalue weighted by molar-refractivity contribution is 0.325. The molecule has 0 amide bonds. The fourth-order valence-electron chi connectivity index (χ4n) is 5.14. The van der Waals surface area contributed by atoms with E-state index < -0.39 is 0 Å². The van der Waals surface area contributed by atoms with E-state index in [0.29, 0.717) is 5.92 Å². The van der Waals surface area contributed by atoms with Crippen LogP contribution in [0, 0.1) is 0 Å². The molecule has 2 heteroatoms. The molecule has 2 atom stereocenters. The van der Waals surface area contributed by atoms with Crippen LogP contribution in [0.15, 0.2) is 103 Å². The maximum absolute atomic E-state index is 4.99. The molecule has 3 aromatic carbocycles. The standard InChI is InChI=1S/C31H36N2/c1-3-4-8-21-29(30-32-22-23-33(30)25-27-17-11-6-12-18-27)31(2,28-19-13-7-14-20-28)24-26-15-9-5-10-16-26/h5-7,9-20,22-23,29H,3-4,8,21,24-25H2,1-2H3. The Kier molecular flexibility index (Phi) is 7.78. The van der Waals surface area contributed by atoms with Crippen LogP contribution < -0.4 is 0 Å². The lowest BCUT2D eigenvalue weighted by atomic mass is 9.66. The molecular formula is C31H36N2. The van der Waals surface area contributed by atoms with Gasteiger partial charge in [0.05, 0.1) is 0 Å². The van der Waals surface area contributed by atoms with Crippen molar-refractivity contribution in [2.45, 2.75) is 63.8 Å². The quantitative estimate of drug-likeness (QED) is 0.219. The van der Waals surface area contributed by atoms with E-state index in [-0.39, 0.29) is 5.41 Å². The number of hydrogen-bond donors (Lipinski definition) is 0. The smallest absolute Gasteiger partial charge is 0.112 e. The minimum atomic E-state index is -0.0594. The molecule has 4 aromatic rings. The molecule has 0 saturated carbocycles. The Bertz CT molecular complexity index is 1090. The van der Waals surface area contributed by atoms with E-state index in [9.17, 15) is 0 Å². The zero-order valence-corrected chi connectivity index (χ0v) is 20.0. The summed E-state index contributed by atoms with van der Waals surface area (Å²) in [6.45, 7) is 5.59. The predicted molar refractivity (Wildman–Crippen MR) is 139 cm³/mol. The van der Waals surface area contributed by atoms with Crippen molar-refractivity contribution in [2.75, 3.05) is 0 Å². The summed E-state index contributed by atoms with van der Waals surface area (Å²) in [7, 11) is 0. The monoisotopic (exact) mass is 436 g/mol. The normalized spacial score (nSPS) is 14.0. The number of unbranched alkanes of at least 4 members (excludes halogenated alkanes) is 2. The summed E-state index contributed by atoms with van der Waals surface area (Å²) < 4.78 is 2.37. The lowest BCUT2D eigenvalue weighted by Crippen LogP contribution is -2.35. The van der Waals surface area contributed by atoms with Crippen molar-refractivity contribution in [3.8, 4) is 0 Å². The van der Waals surface area contributed by atoms with Gasteiger partial charge in [-0.2, -0.15) is 0 Å². The van der Waals surface area contributed by atoms with E-state index in [4.69, 9.17) is 4.98 Å². The number of imidazole rings is 1.